The number of aliphatic hydroxyl groups excluding tert-OH is 3. The lowest BCUT2D eigenvalue weighted by Gasteiger charge is -2.26. The Labute approximate surface area is 137 Å². The molecule has 2 aliphatic carbocycles. The molecule has 4 N–H and O–H groups in total. The van der Waals surface area contributed by atoms with E-state index in [0.717, 1.165) is 0 Å². The molecule has 5 unspecified atom stereocenters. The van der Waals surface area contributed by atoms with Gasteiger partial charge in [0, 0.05) is 17.9 Å². The Morgan fingerprint density at radius 3 is 2.78 bits per heavy atom. The second-order valence-corrected chi connectivity index (χ2v) is 7.04. The van der Waals surface area contributed by atoms with Crippen LogP contribution >= 0.6 is 11.6 Å². The highest BCUT2D eigenvalue weighted by Crippen LogP contribution is 2.76. The first-order valence-electron chi connectivity index (χ1n) is 7.44. The van der Waals surface area contributed by atoms with Gasteiger partial charge in [-0.15, -0.1) is 0 Å². The Kier molecular flexibility index (Phi) is 2.97. The predicted molar refractivity (Wildman–Crippen MR) is 83.2 cm³/mol. The molecule has 2 heterocycles. The molecule has 2 fully saturated rings. The molecule has 2 saturated carbocycles. The van der Waals surface area contributed by atoms with Crippen LogP contribution in [0.2, 0.25) is 5.28 Å². The van der Waals surface area contributed by atoms with Crippen molar-refractivity contribution in [2.24, 2.45) is 10.8 Å². The van der Waals surface area contributed by atoms with Crippen LogP contribution in [0, 0.1) is 10.8 Å². The van der Waals surface area contributed by atoms with Gasteiger partial charge in [0.05, 0.1) is 25.1 Å². The first-order chi connectivity index (χ1) is 10.9. The van der Waals surface area contributed by atoms with Crippen molar-refractivity contribution >= 4 is 28.6 Å². The number of nitrogens with one attached hydrogen (secondary N) is 1. The standard InChI is InChI=1S/C14H18ClN5O3/c1-13-3-14(13,4-21)9(23)7(22)8(13)20-5-17-6-10(16-2)18-12(15)19-11(6)20/h5,7-9,21-23H,3-4H2,1-2H3,(H,16,18,19). The van der Waals surface area contributed by atoms with Gasteiger partial charge in [-0.2, -0.15) is 9.97 Å². The number of fused-ring (bicyclic) bond motifs is 2. The van der Waals surface area contributed by atoms with E-state index in [0.29, 0.717) is 23.4 Å². The summed E-state index contributed by atoms with van der Waals surface area (Å²) in [4.78, 5) is 12.7. The summed E-state index contributed by atoms with van der Waals surface area (Å²) >= 11 is 5.98. The van der Waals surface area contributed by atoms with E-state index >= 15 is 0 Å². The van der Waals surface area contributed by atoms with Crippen molar-refractivity contribution in [2.45, 2.75) is 31.6 Å². The van der Waals surface area contributed by atoms with Crippen molar-refractivity contribution in [3.63, 3.8) is 0 Å². The van der Waals surface area contributed by atoms with Gasteiger partial charge in [0.1, 0.15) is 6.10 Å². The maximum absolute atomic E-state index is 10.5. The minimum atomic E-state index is -1.01. The number of aromatic nitrogens is 4. The van der Waals surface area contributed by atoms with Gasteiger partial charge in [-0.05, 0) is 18.0 Å². The Morgan fingerprint density at radius 1 is 1.43 bits per heavy atom. The maximum Gasteiger partial charge on any atom is 0.226 e. The highest BCUT2D eigenvalue weighted by molar-refractivity contribution is 6.28. The second-order valence-electron chi connectivity index (χ2n) is 6.70. The third-order valence-corrected chi connectivity index (χ3v) is 5.94. The minimum absolute atomic E-state index is 0.0750. The fraction of sp³-hybridized carbons (Fsp3) is 0.643. The fourth-order valence-electron chi connectivity index (χ4n) is 4.40. The molecule has 2 aromatic heterocycles. The molecule has 124 valence electrons. The average molecular weight is 340 g/mol. The summed E-state index contributed by atoms with van der Waals surface area (Å²) in [6, 6.07) is -0.440. The first-order valence-corrected chi connectivity index (χ1v) is 7.82. The summed E-state index contributed by atoms with van der Waals surface area (Å²) in [6.45, 7) is 1.79. The molecule has 0 bridgehead atoms. The summed E-state index contributed by atoms with van der Waals surface area (Å²) in [5.41, 5.74) is -0.0567. The molecule has 8 nitrogen and oxygen atoms in total. The highest BCUT2D eigenvalue weighted by Gasteiger charge is 2.79. The zero-order chi connectivity index (χ0) is 16.6. The second kappa shape index (κ2) is 4.54. The quantitative estimate of drug-likeness (QED) is 0.590. The number of imidazole rings is 1. The lowest BCUT2D eigenvalue weighted by atomic mass is 9.95. The van der Waals surface area contributed by atoms with E-state index in [-0.39, 0.29) is 11.9 Å². The molecule has 0 radical (unpaired) electrons. The van der Waals surface area contributed by atoms with Gasteiger partial charge in [-0.1, -0.05) is 6.92 Å². The van der Waals surface area contributed by atoms with E-state index in [1.807, 2.05) is 6.92 Å². The van der Waals surface area contributed by atoms with Crippen LogP contribution in [-0.4, -0.2) is 60.7 Å². The molecule has 0 amide bonds. The number of anilines is 1. The van der Waals surface area contributed by atoms with Crippen LogP contribution in [0.4, 0.5) is 5.82 Å². The molecule has 0 saturated heterocycles. The molecule has 23 heavy (non-hydrogen) atoms. The third-order valence-electron chi connectivity index (χ3n) is 5.77. The van der Waals surface area contributed by atoms with E-state index in [1.54, 1.807) is 17.9 Å². The van der Waals surface area contributed by atoms with Gasteiger partial charge in [0.2, 0.25) is 5.28 Å². The Balaban J connectivity index is 1.89. The molecular weight excluding hydrogens is 322 g/mol. The maximum atomic E-state index is 10.5. The number of nitrogens with zero attached hydrogens (tertiary/aromatic N) is 4. The smallest absolute Gasteiger partial charge is 0.226 e. The average Bonchev–Trinajstić information content (AvgIpc) is 2.88. The van der Waals surface area contributed by atoms with E-state index in [1.165, 1.54) is 0 Å². The van der Waals surface area contributed by atoms with E-state index < -0.39 is 29.1 Å². The molecule has 4 rings (SSSR count). The van der Waals surface area contributed by atoms with Gasteiger partial charge < -0.3 is 25.2 Å². The Bertz CT molecular complexity index is 798. The molecule has 0 aliphatic heterocycles. The summed E-state index contributed by atoms with van der Waals surface area (Å²) in [5, 5.41) is 33.7. The Morgan fingerprint density at radius 2 is 2.17 bits per heavy atom. The predicted octanol–water partition coefficient (Wildman–Crippen LogP) is 0.187. The molecule has 5 atom stereocenters. The van der Waals surface area contributed by atoms with Crippen LogP contribution in [0.25, 0.3) is 11.2 Å². The van der Waals surface area contributed by atoms with Gasteiger partial charge in [0.25, 0.3) is 0 Å². The number of hydrogen-bond donors (Lipinski definition) is 4. The summed E-state index contributed by atoms with van der Waals surface area (Å²) in [5.74, 6) is 0.501. The van der Waals surface area contributed by atoms with Crippen molar-refractivity contribution in [1.29, 1.82) is 0 Å². The van der Waals surface area contributed by atoms with Crippen molar-refractivity contribution in [3.05, 3.63) is 11.6 Å². The van der Waals surface area contributed by atoms with Gasteiger partial charge in [-0.3, -0.25) is 0 Å². The fourth-order valence-corrected chi connectivity index (χ4v) is 4.56. The topological polar surface area (TPSA) is 116 Å². The number of hydrogen-bond acceptors (Lipinski definition) is 7. The van der Waals surface area contributed by atoms with Crippen molar-refractivity contribution in [1.82, 2.24) is 19.5 Å². The van der Waals surface area contributed by atoms with Gasteiger partial charge >= 0.3 is 0 Å². The van der Waals surface area contributed by atoms with E-state index in [4.69, 9.17) is 11.6 Å². The first kappa shape index (κ1) is 15.1. The number of rotatable bonds is 3. The minimum Gasteiger partial charge on any atom is -0.396 e. The summed E-state index contributed by atoms with van der Waals surface area (Å²) in [7, 11) is 1.71. The van der Waals surface area contributed by atoms with Crippen LogP contribution in [0.15, 0.2) is 6.33 Å². The van der Waals surface area contributed by atoms with E-state index in [9.17, 15) is 15.3 Å². The normalized spacial score (nSPS) is 38.8. The molecule has 2 aliphatic rings. The van der Waals surface area contributed by atoms with Crippen LogP contribution < -0.4 is 5.32 Å². The third kappa shape index (κ3) is 1.64. The Hall–Kier alpha value is -1.48. The number of halogens is 1. The molecular formula is C14H18ClN5O3. The van der Waals surface area contributed by atoms with Crippen molar-refractivity contribution < 1.29 is 15.3 Å². The van der Waals surface area contributed by atoms with Gasteiger partial charge in [-0.25, -0.2) is 4.98 Å². The molecule has 2 aromatic rings. The lowest BCUT2D eigenvalue weighted by Crippen LogP contribution is -2.35. The SMILES string of the molecule is CNc1nc(Cl)nc2c1ncn2C1C(O)C(O)C2(CO)CC12C. The molecule has 0 spiro atoms. The van der Waals surface area contributed by atoms with E-state index in [2.05, 4.69) is 20.3 Å². The largest absolute Gasteiger partial charge is 0.396 e. The van der Waals surface area contributed by atoms with Crippen LogP contribution in [-0.2, 0) is 0 Å². The summed E-state index contributed by atoms with van der Waals surface area (Å²) in [6.07, 6.45) is 0.219. The van der Waals surface area contributed by atoms with Gasteiger partial charge in [0.15, 0.2) is 17.0 Å². The molecule has 9 heteroatoms. The van der Waals surface area contributed by atoms with Crippen LogP contribution in [0.3, 0.4) is 0 Å². The molecule has 0 aromatic carbocycles. The van der Waals surface area contributed by atoms with Crippen molar-refractivity contribution in [3.8, 4) is 0 Å². The lowest BCUT2D eigenvalue weighted by molar-refractivity contribution is -0.0301. The number of aliphatic hydroxyl groups is 3. The van der Waals surface area contributed by atoms with Crippen LogP contribution in [0.5, 0.6) is 0 Å². The summed E-state index contributed by atoms with van der Waals surface area (Å²) < 4.78 is 1.74. The monoisotopic (exact) mass is 339 g/mol. The van der Waals surface area contributed by atoms with Crippen LogP contribution in [0.1, 0.15) is 19.4 Å². The zero-order valence-electron chi connectivity index (χ0n) is 12.7. The zero-order valence-corrected chi connectivity index (χ0v) is 13.5. The van der Waals surface area contributed by atoms with Crippen molar-refractivity contribution in [2.75, 3.05) is 19.0 Å². The highest BCUT2D eigenvalue weighted by atomic mass is 35.5.